The summed E-state index contributed by atoms with van der Waals surface area (Å²) < 4.78 is 6.71. The van der Waals surface area contributed by atoms with Crippen molar-refractivity contribution in [3.05, 3.63) is 35.9 Å². The van der Waals surface area contributed by atoms with Crippen LogP contribution in [-0.2, 0) is 11.2 Å². The van der Waals surface area contributed by atoms with Crippen molar-refractivity contribution < 1.29 is 4.74 Å². The molecule has 1 atom stereocenters. The summed E-state index contributed by atoms with van der Waals surface area (Å²) in [7, 11) is 0. The quantitative estimate of drug-likeness (QED) is 0.635. The molecular formula is C22H34O. The molecule has 2 aliphatic rings. The minimum absolute atomic E-state index is 0.110. The van der Waals surface area contributed by atoms with Gasteiger partial charge in [0.15, 0.2) is 0 Å². The fourth-order valence-electron chi connectivity index (χ4n) is 4.76. The Morgan fingerprint density at radius 3 is 2.22 bits per heavy atom. The first-order valence-electron chi connectivity index (χ1n) is 10.1. The van der Waals surface area contributed by atoms with Crippen LogP contribution in [0.5, 0.6) is 0 Å². The maximum absolute atomic E-state index is 6.71. The summed E-state index contributed by atoms with van der Waals surface area (Å²) in [6.45, 7) is 0.976. The molecule has 128 valence electrons. The average Bonchev–Trinajstić information content (AvgIpc) is 2.51. The van der Waals surface area contributed by atoms with Crippen molar-refractivity contribution in [2.45, 2.75) is 89.1 Å². The second-order valence-corrected chi connectivity index (χ2v) is 7.78. The third kappa shape index (κ3) is 4.83. The van der Waals surface area contributed by atoms with E-state index in [0.29, 0.717) is 0 Å². The highest BCUT2D eigenvalue weighted by molar-refractivity contribution is 5.18. The molecule has 1 saturated heterocycles. The Bertz CT molecular complexity index is 423. The monoisotopic (exact) mass is 314 g/mol. The van der Waals surface area contributed by atoms with Crippen LogP contribution >= 0.6 is 0 Å². The zero-order valence-corrected chi connectivity index (χ0v) is 14.8. The van der Waals surface area contributed by atoms with E-state index in [4.69, 9.17) is 4.74 Å². The molecule has 1 unspecified atom stereocenters. The minimum Gasteiger partial charge on any atom is -0.374 e. The van der Waals surface area contributed by atoms with E-state index >= 15 is 0 Å². The van der Waals surface area contributed by atoms with Gasteiger partial charge in [-0.1, -0.05) is 81.7 Å². The van der Waals surface area contributed by atoms with Gasteiger partial charge in [-0.2, -0.15) is 0 Å². The number of rotatable bonds is 3. The summed E-state index contributed by atoms with van der Waals surface area (Å²) in [5.41, 5.74) is 1.58. The largest absolute Gasteiger partial charge is 0.374 e. The van der Waals surface area contributed by atoms with Gasteiger partial charge in [-0.15, -0.1) is 0 Å². The number of hydrogen-bond acceptors (Lipinski definition) is 1. The Labute approximate surface area is 142 Å². The van der Waals surface area contributed by atoms with Crippen molar-refractivity contribution in [2.24, 2.45) is 5.92 Å². The maximum atomic E-state index is 6.71. The number of ether oxygens (including phenoxy) is 1. The van der Waals surface area contributed by atoms with Crippen molar-refractivity contribution in [3.63, 3.8) is 0 Å². The lowest BCUT2D eigenvalue weighted by molar-refractivity contribution is -0.106. The predicted octanol–water partition coefficient (Wildman–Crippen LogP) is 6.31. The fraction of sp³-hybridized carbons (Fsp3) is 0.727. The Balaban J connectivity index is 1.80. The smallest absolute Gasteiger partial charge is 0.0750 e. The molecule has 1 aromatic carbocycles. The first-order valence-corrected chi connectivity index (χ1v) is 10.1. The van der Waals surface area contributed by atoms with Crippen LogP contribution in [0.3, 0.4) is 0 Å². The first kappa shape index (κ1) is 17.0. The molecule has 1 aliphatic heterocycles. The SMILES string of the molecule is c1ccc(CC2(C3CCCCCCC3)CCCCCCO2)cc1. The molecule has 3 rings (SSSR count). The summed E-state index contributed by atoms with van der Waals surface area (Å²) >= 11 is 0. The topological polar surface area (TPSA) is 9.23 Å². The Hall–Kier alpha value is -0.820. The Morgan fingerprint density at radius 1 is 0.783 bits per heavy atom. The molecule has 23 heavy (non-hydrogen) atoms. The molecule has 1 heterocycles. The lowest BCUT2D eigenvalue weighted by atomic mass is 9.72. The third-order valence-corrected chi connectivity index (χ3v) is 6.08. The van der Waals surface area contributed by atoms with Crippen molar-refractivity contribution in [1.29, 1.82) is 0 Å². The van der Waals surface area contributed by atoms with Crippen LogP contribution in [0.2, 0.25) is 0 Å². The lowest BCUT2D eigenvalue weighted by Gasteiger charge is -2.43. The molecule has 1 nitrogen and oxygen atoms in total. The van der Waals surface area contributed by atoms with E-state index in [-0.39, 0.29) is 5.60 Å². The maximum Gasteiger partial charge on any atom is 0.0750 e. The summed E-state index contributed by atoms with van der Waals surface area (Å²) in [5.74, 6) is 0.765. The van der Waals surface area contributed by atoms with E-state index in [0.717, 1.165) is 18.9 Å². The van der Waals surface area contributed by atoms with Crippen molar-refractivity contribution in [2.75, 3.05) is 6.61 Å². The van der Waals surface area contributed by atoms with Gasteiger partial charge in [0.05, 0.1) is 5.60 Å². The Morgan fingerprint density at radius 2 is 1.43 bits per heavy atom. The van der Waals surface area contributed by atoms with Gasteiger partial charge < -0.3 is 4.74 Å². The number of benzene rings is 1. The fourth-order valence-corrected chi connectivity index (χ4v) is 4.76. The van der Waals surface area contributed by atoms with Crippen LogP contribution in [-0.4, -0.2) is 12.2 Å². The summed E-state index contributed by atoms with van der Waals surface area (Å²) in [5, 5.41) is 0. The second kappa shape index (κ2) is 8.87. The molecule has 0 N–H and O–H groups in total. The molecule has 1 aromatic rings. The molecule has 0 spiro atoms. The third-order valence-electron chi connectivity index (χ3n) is 6.08. The molecule has 1 saturated carbocycles. The lowest BCUT2D eigenvalue weighted by Crippen LogP contribution is -2.44. The van der Waals surface area contributed by atoms with Gasteiger partial charge in [-0.05, 0) is 37.2 Å². The van der Waals surface area contributed by atoms with Gasteiger partial charge in [-0.25, -0.2) is 0 Å². The van der Waals surface area contributed by atoms with E-state index in [9.17, 15) is 0 Å². The van der Waals surface area contributed by atoms with Crippen molar-refractivity contribution in [3.8, 4) is 0 Å². The summed E-state index contributed by atoms with van der Waals surface area (Å²) in [6, 6.07) is 11.1. The highest BCUT2D eigenvalue weighted by atomic mass is 16.5. The average molecular weight is 315 g/mol. The number of hydrogen-bond donors (Lipinski definition) is 0. The molecule has 0 aromatic heterocycles. The molecule has 1 heteroatoms. The zero-order chi connectivity index (χ0) is 15.8. The minimum atomic E-state index is 0.110. The van der Waals surface area contributed by atoms with Crippen LogP contribution < -0.4 is 0 Å². The van der Waals surface area contributed by atoms with Crippen LogP contribution in [0.1, 0.15) is 82.6 Å². The van der Waals surface area contributed by atoms with E-state index in [2.05, 4.69) is 30.3 Å². The molecule has 0 bridgehead atoms. The molecule has 0 amide bonds. The summed E-state index contributed by atoms with van der Waals surface area (Å²) in [6.07, 6.45) is 17.6. The first-order chi connectivity index (χ1) is 11.4. The molecular weight excluding hydrogens is 280 g/mol. The molecule has 0 radical (unpaired) electrons. The second-order valence-electron chi connectivity index (χ2n) is 7.78. The van der Waals surface area contributed by atoms with E-state index in [1.165, 1.54) is 82.6 Å². The zero-order valence-electron chi connectivity index (χ0n) is 14.8. The van der Waals surface area contributed by atoms with E-state index in [1.807, 2.05) is 0 Å². The van der Waals surface area contributed by atoms with Crippen LogP contribution in [0, 0.1) is 5.92 Å². The normalized spacial score (nSPS) is 28.3. The van der Waals surface area contributed by atoms with Gasteiger partial charge in [0, 0.05) is 13.0 Å². The molecule has 2 fully saturated rings. The van der Waals surface area contributed by atoms with Gasteiger partial charge in [0.25, 0.3) is 0 Å². The van der Waals surface area contributed by atoms with Crippen LogP contribution in [0.15, 0.2) is 30.3 Å². The van der Waals surface area contributed by atoms with Gasteiger partial charge >= 0.3 is 0 Å². The van der Waals surface area contributed by atoms with Gasteiger partial charge in [-0.3, -0.25) is 0 Å². The molecule has 1 aliphatic carbocycles. The van der Waals surface area contributed by atoms with Crippen LogP contribution in [0.4, 0.5) is 0 Å². The van der Waals surface area contributed by atoms with E-state index < -0.39 is 0 Å². The Kier molecular flexibility index (Phi) is 6.56. The van der Waals surface area contributed by atoms with Gasteiger partial charge in [0.1, 0.15) is 0 Å². The highest BCUT2D eigenvalue weighted by Gasteiger charge is 2.39. The standard InChI is InChI=1S/C22H34O/c1-2-9-15-21(16-10-3-1)22(17-11-4-5-12-18-23-22)19-20-13-7-6-8-14-20/h6-8,13-14,21H,1-5,9-12,15-19H2. The highest BCUT2D eigenvalue weighted by Crippen LogP contribution is 2.40. The van der Waals surface area contributed by atoms with Crippen LogP contribution in [0.25, 0.3) is 0 Å². The van der Waals surface area contributed by atoms with E-state index in [1.54, 1.807) is 0 Å². The predicted molar refractivity (Wildman–Crippen MR) is 97.7 cm³/mol. The van der Waals surface area contributed by atoms with Crippen molar-refractivity contribution in [1.82, 2.24) is 0 Å². The van der Waals surface area contributed by atoms with Crippen molar-refractivity contribution >= 4 is 0 Å². The summed E-state index contributed by atoms with van der Waals surface area (Å²) in [4.78, 5) is 0. The van der Waals surface area contributed by atoms with Gasteiger partial charge in [0.2, 0.25) is 0 Å².